The minimum absolute atomic E-state index is 0.109. The molecule has 22 heavy (non-hydrogen) atoms. The number of anilines is 1. The normalized spacial score (nSPS) is 10.7. The van der Waals surface area contributed by atoms with Gasteiger partial charge >= 0.3 is 0 Å². The van der Waals surface area contributed by atoms with Crippen molar-refractivity contribution in [3.8, 4) is 17.0 Å². The Bertz CT molecular complexity index is 681. The number of aromatic nitrogens is 2. The number of amides is 1. The van der Waals surface area contributed by atoms with Crippen LogP contribution in [0.5, 0.6) is 5.75 Å². The zero-order valence-corrected chi connectivity index (χ0v) is 13.0. The lowest BCUT2D eigenvalue weighted by Gasteiger charge is -2.11. The van der Waals surface area contributed by atoms with Gasteiger partial charge in [-0.15, -0.1) is 0 Å². The first-order chi connectivity index (χ1) is 10.4. The fraction of sp³-hybridized carbons (Fsp3) is 0.312. The summed E-state index contributed by atoms with van der Waals surface area (Å²) in [4.78, 5) is 19.8. The van der Waals surface area contributed by atoms with Gasteiger partial charge in [-0.05, 0) is 37.1 Å². The molecule has 0 radical (unpaired) electrons. The molecule has 2 aromatic rings. The molecule has 1 aromatic carbocycles. The molecule has 1 amide bonds. The van der Waals surface area contributed by atoms with Crippen molar-refractivity contribution in [2.75, 3.05) is 12.3 Å². The number of carbonyl (C=O) groups is 1. The van der Waals surface area contributed by atoms with Gasteiger partial charge in [0.05, 0.1) is 23.6 Å². The smallest absolute Gasteiger partial charge is 0.252 e. The zero-order chi connectivity index (χ0) is 16.3. The molecule has 0 saturated carbocycles. The molecule has 0 atom stereocenters. The molecule has 1 heterocycles. The zero-order valence-electron chi connectivity index (χ0n) is 13.0. The third kappa shape index (κ3) is 3.52. The number of nitrogens with zero attached hydrogens (tertiary/aromatic N) is 2. The summed E-state index contributed by atoms with van der Waals surface area (Å²) >= 11 is 0. The quantitative estimate of drug-likeness (QED) is 0.880. The van der Waals surface area contributed by atoms with Gasteiger partial charge < -0.3 is 16.2 Å². The molecule has 0 aliphatic carbocycles. The van der Waals surface area contributed by atoms with Gasteiger partial charge in [0.1, 0.15) is 5.75 Å². The molecule has 0 fully saturated rings. The predicted octanol–water partition coefficient (Wildman–Crippen LogP) is 2.17. The average Bonchev–Trinajstić information content (AvgIpc) is 2.44. The summed E-state index contributed by atoms with van der Waals surface area (Å²) in [5, 5.41) is 0. The number of ether oxygens (including phenoxy) is 1. The van der Waals surface area contributed by atoms with Crippen LogP contribution in [0.15, 0.2) is 24.3 Å². The van der Waals surface area contributed by atoms with E-state index < -0.39 is 5.91 Å². The number of aryl methyl sites for hydroxylation is 1. The number of nitrogens with two attached hydrogens (primary N) is 2. The van der Waals surface area contributed by atoms with E-state index in [0.717, 1.165) is 11.3 Å². The maximum atomic E-state index is 11.6. The van der Waals surface area contributed by atoms with Crippen molar-refractivity contribution in [2.45, 2.75) is 20.8 Å². The number of carbonyl (C=O) groups excluding carboxylic acids is 1. The van der Waals surface area contributed by atoms with Crippen LogP contribution in [0.4, 0.5) is 5.95 Å². The Morgan fingerprint density at radius 2 is 1.86 bits per heavy atom. The van der Waals surface area contributed by atoms with E-state index in [0.29, 0.717) is 23.9 Å². The van der Waals surface area contributed by atoms with E-state index in [1.54, 1.807) is 6.92 Å². The Labute approximate surface area is 129 Å². The molecule has 4 N–H and O–H groups in total. The lowest BCUT2D eigenvalue weighted by molar-refractivity contribution is 0.0999. The average molecular weight is 300 g/mol. The van der Waals surface area contributed by atoms with Gasteiger partial charge in [-0.2, -0.15) is 0 Å². The van der Waals surface area contributed by atoms with Crippen LogP contribution in [-0.4, -0.2) is 22.5 Å². The van der Waals surface area contributed by atoms with Crippen LogP contribution in [0.2, 0.25) is 0 Å². The fourth-order valence-electron chi connectivity index (χ4n) is 2.07. The van der Waals surface area contributed by atoms with E-state index in [1.807, 2.05) is 24.3 Å². The topological polar surface area (TPSA) is 104 Å². The van der Waals surface area contributed by atoms with E-state index in [2.05, 4.69) is 23.8 Å². The first-order valence-electron chi connectivity index (χ1n) is 7.05. The van der Waals surface area contributed by atoms with Crippen molar-refractivity contribution in [3.63, 3.8) is 0 Å². The standard InChI is InChI=1S/C16H20N4O2/c1-9(2)8-22-12-6-4-11(5-7-12)14-13(15(17)21)10(3)19-16(18)20-14/h4-7,9H,8H2,1-3H3,(H2,17,21)(H2,18,19,20). The summed E-state index contributed by atoms with van der Waals surface area (Å²) in [5.74, 6) is 0.743. The number of nitrogen functional groups attached to an aromatic ring is 1. The van der Waals surface area contributed by atoms with Crippen LogP contribution in [0.1, 0.15) is 29.9 Å². The van der Waals surface area contributed by atoms with Crippen LogP contribution in [0.3, 0.4) is 0 Å². The molecule has 6 nitrogen and oxygen atoms in total. The maximum absolute atomic E-state index is 11.6. The van der Waals surface area contributed by atoms with Crippen LogP contribution in [0, 0.1) is 12.8 Å². The first kappa shape index (κ1) is 15.8. The lowest BCUT2D eigenvalue weighted by atomic mass is 10.0. The predicted molar refractivity (Wildman–Crippen MR) is 85.5 cm³/mol. The molecule has 6 heteroatoms. The molecule has 0 bridgehead atoms. The summed E-state index contributed by atoms with van der Waals surface area (Å²) in [6.07, 6.45) is 0. The van der Waals surface area contributed by atoms with Crippen molar-refractivity contribution in [2.24, 2.45) is 11.7 Å². The van der Waals surface area contributed by atoms with E-state index in [4.69, 9.17) is 16.2 Å². The van der Waals surface area contributed by atoms with Crippen molar-refractivity contribution >= 4 is 11.9 Å². The third-order valence-corrected chi connectivity index (χ3v) is 3.06. The second kappa shape index (κ2) is 6.43. The Morgan fingerprint density at radius 3 is 2.41 bits per heavy atom. The molecular weight excluding hydrogens is 280 g/mol. The Hall–Kier alpha value is -2.63. The largest absolute Gasteiger partial charge is 0.493 e. The van der Waals surface area contributed by atoms with Gasteiger partial charge in [-0.3, -0.25) is 4.79 Å². The molecule has 1 aromatic heterocycles. The highest BCUT2D eigenvalue weighted by Gasteiger charge is 2.17. The van der Waals surface area contributed by atoms with E-state index in [9.17, 15) is 4.79 Å². The van der Waals surface area contributed by atoms with Crippen LogP contribution in [-0.2, 0) is 0 Å². The fourth-order valence-corrected chi connectivity index (χ4v) is 2.07. The highest BCUT2D eigenvalue weighted by Crippen LogP contribution is 2.26. The highest BCUT2D eigenvalue weighted by atomic mass is 16.5. The van der Waals surface area contributed by atoms with Gasteiger partial charge in [0.2, 0.25) is 5.95 Å². The van der Waals surface area contributed by atoms with Gasteiger partial charge in [0, 0.05) is 5.56 Å². The SMILES string of the molecule is Cc1nc(N)nc(-c2ccc(OCC(C)C)cc2)c1C(N)=O. The number of hydrogen-bond donors (Lipinski definition) is 2. The van der Waals surface area contributed by atoms with Gasteiger partial charge in [-0.1, -0.05) is 13.8 Å². The maximum Gasteiger partial charge on any atom is 0.252 e. The third-order valence-electron chi connectivity index (χ3n) is 3.06. The Balaban J connectivity index is 2.38. The number of benzene rings is 1. The van der Waals surface area contributed by atoms with E-state index in [-0.39, 0.29) is 11.5 Å². The summed E-state index contributed by atoms with van der Waals surface area (Å²) in [5.41, 5.74) is 13.0. The number of primary amides is 1. The molecule has 116 valence electrons. The summed E-state index contributed by atoms with van der Waals surface area (Å²) < 4.78 is 5.63. The van der Waals surface area contributed by atoms with Crippen molar-refractivity contribution in [1.29, 1.82) is 0 Å². The first-order valence-corrected chi connectivity index (χ1v) is 7.05. The molecule has 0 aliphatic rings. The monoisotopic (exact) mass is 300 g/mol. The minimum atomic E-state index is -0.576. The van der Waals surface area contributed by atoms with Crippen molar-refractivity contribution in [1.82, 2.24) is 9.97 Å². The molecule has 0 aliphatic heterocycles. The summed E-state index contributed by atoms with van der Waals surface area (Å²) in [6, 6.07) is 7.30. The lowest BCUT2D eigenvalue weighted by Crippen LogP contribution is -2.17. The van der Waals surface area contributed by atoms with Crippen molar-refractivity contribution < 1.29 is 9.53 Å². The molecule has 0 spiro atoms. The van der Waals surface area contributed by atoms with Gasteiger partial charge in [0.15, 0.2) is 0 Å². The van der Waals surface area contributed by atoms with E-state index in [1.165, 1.54) is 0 Å². The number of hydrogen-bond acceptors (Lipinski definition) is 5. The molecule has 0 saturated heterocycles. The molecular formula is C16H20N4O2. The summed E-state index contributed by atoms with van der Waals surface area (Å²) in [6.45, 7) is 6.49. The van der Waals surface area contributed by atoms with Crippen LogP contribution in [0.25, 0.3) is 11.3 Å². The van der Waals surface area contributed by atoms with Crippen LogP contribution < -0.4 is 16.2 Å². The summed E-state index contributed by atoms with van der Waals surface area (Å²) in [7, 11) is 0. The van der Waals surface area contributed by atoms with Gasteiger partial charge in [-0.25, -0.2) is 9.97 Å². The number of rotatable bonds is 5. The van der Waals surface area contributed by atoms with E-state index >= 15 is 0 Å². The molecule has 2 rings (SSSR count). The van der Waals surface area contributed by atoms with Crippen LogP contribution >= 0.6 is 0 Å². The van der Waals surface area contributed by atoms with Gasteiger partial charge in [0.25, 0.3) is 5.91 Å². The Morgan fingerprint density at radius 1 is 1.23 bits per heavy atom. The molecule has 0 unspecified atom stereocenters. The second-order valence-corrected chi connectivity index (χ2v) is 5.48. The highest BCUT2D eigenvalue weighted by molar-refractivity contribution is 6.00. The minimum Gasteiger partial charge on any atom is -0.493 e. The van der Waals surface area contributed by atoms with Crippen molar-refractivity contribution in [3.05, 3.63) is 35.5 Å². The Kier molecular flexibility index (Phi) is 4.60. The second-order valence-electron chi connectivity index (χ2n) is 5.48.